The highest BCUT2D eigenvalue weighted by Gasteiger charge is 2.39. The van der Waals surface area contributed by atoms with Gasteiger partial charge in [0, 0.05) is 10.0 Å². The van der Waals surface area contributed by atoms with Crippen LogP contribution in [0.2, 0.25) is 10.0 Å². The Morgan fingerprint density at radius 2 is 0.844 bits per heavy atom. The van der Waals surface area contributed by atoms with Gasteiger partial charge < -0.3 is 0 Å². The topological polar surface area (TPSA) is 93.0 Å². The Kier molecular flexibility index (Phi) is 7.89. The van der Waals surface area contributed by atoms with Gasteiger partial charge in [-0.25, -0.2) is 0 Å². The van der Waals surface area contributed by atoms with Gasteiger partial charge in [-0.05, 0) is 48.5 Å². The van der Waals surface area contributed by atoms with E-state index in [0.717, 1.165) is 0 Å². The van der Waals surface area contributed by atoms with E-state index in [1.165, 1.54) is 48.5 Å². The molecule has 6 nitrogen and oxygen atoms in total. The minimum Gasteiger partial charge on any atom is -0.199 e. The van der Waals surface area contributed by atoms with Gasteiger partial charge in [0.25, 0.3) is 20.0 Å². The molecule has 0 amide bonds. The van der Waals surface area contributed by atoms with E-state index >= 15 is 0 Å². The SMILES string of the molecule is O=S(=O)(/N=C1C(Cl)=C(Cl)/C(=N/S(=O)(=O)c2ccc(Cl)cc2)C(Cl)C\1Cl)c1ccc(Cl)cc1. The Morgan fingerprint density at radius 1 is 0.562 bits per heavy atom. The number of sulfonamides is 2. The zero-order valence-corrected chi connectivity index (χ0v) is 21.6. The molecule has 0 bridgehead atoms. The van der Waals surface area contributed by atoms with Crippen LogP contribution in [0.5, 0.6) is 0 Å². The summed E-state index contributed by atoms with van der Waals surface area (Å²) in [7, 11) is -8.50. The maximum atomic E-state index is 12.6. The molecule has 0 aromatic heterocycles. The van der Waals surface area contributed by atoms with Gasteiger partial charge in [0.15, 0.2) is 0 Å². The van der Waals surface area contributed by atoms with E-state index in [1.807, 2.05) is 0 Å². The smallest absolute Gasteiger partial charge is 0.199 e. The van der Waals surface area contributed by atoms with Gasteiger partial charge in [-0.3, -0.25) is 0 Å². The molecule has 2 aromatic rings. The van der Waals surface area contributed by atoms with Gasteiger partial charge >= 0.3 is 0 Å². The largest absolute Gasteiger partial charge is 0.282 e. The Morgan fingerprint density at radius 3 is 1.12 bits per heavy atom. The summed E-state index contributed by atoms with van der Waals surface area (Å²) in [6, 6.07) is 10.5. The van der Waals surface area contributed by atoms with Crippen LogP contribution in [0, 0.1) is 0 Å². The van der Waals surface area contributed by atoms with Crippen LogP contribution in [0.3, 0.4) is 0 Å². The van der Waals surface area contributed by atoms with Crippen LogP contribution in [-0.2, 0) is 20.0 Å². The molecule has 2 aromatic carbocycles. The highest BCUT2D eigenvalue weighted by molar-refractivity contribution is 7.90. The van der Waals surface area contributed by atoms with Gasteiger partial charge in [-0.2, -0.15) is 25.6 Å². The first-order valence-corrected chi connectivity index (χ1v) is 13.6. The lowest BCUT2D eigenvalue weighted by Crippen LogP contribution is -2.38. The van der Waals surface area contributed by atoms with Crippen LogP contribution in [0.1, 0.15) is 0 Å². The quantitative estimate of drug-likeness (QED) is 0.414. The van der Waals surface area contributed by atoms with Crippen molar-refractivity contribution >= 4 is 101 Å². The Bertz CT molecular complexity index is 1250. The predicted molar refractivity (Wildman–Crippen MR) is 130 cm³/mol. The summed E-state index contributed by atoms with van der Waals surface area (Å²) in [6.07, 6.45) is 0. The van der Waals surface area contributed by atoms with Crippen LogP contribution in [0.25, 0.3) is 0 Å². The molecule has 1 aliphatic carbocycles. The number of hydrogen-bond acceptors (Lipinski definition) is 4. The fourth-order valence-electron chi connectivity index (χ4n) is 2.50. The molecule has 0 radical (unpaired) electrons. The molecule has 0 saturated carbocycles. The molecule has 3 rings (SSSR count). The molecular formula is C18H10Cl6N2O4S2. The van der Waals surface area contributed by atoms with Gasteiger partial charge in [-0.15, -0.1) is 23.2 Å². The first kappa shape index (κ1) is 25.8. The number of hydrogen-bond donors (Lipinski definition) is 0. The molecule has 32 heavy (non-hydrogen) atoms. The molecular weight excluding hydrogens is 585 g/mol. The minimum atomic E-state index is -4.25. The molecule has 14 heteroatoms. The van der Waals surface area contributed by atoms with Crippen LogP contribution in [0.4, 0.5) is 0 Å². The van der Waals surface area contributed by atoms with Crippen molar-refractivity contribution in [2.45, 2.75) is 20.5 Å². The van der Waals surface area contributed by atoms with Crippen molar-refractivity contribution in [3.8, 4) is 0 Å². The molecule has 0 N–H and O–H groups in total. The molecule has 0 spiro atoms. The number of allylic oxidation sites excluding steroid dienone is 2. The molecule has 2 unspecified atom stereocenters. The predicted octanol–water partition coefficient (Wildman–Crippen LogP) is 5.87. The Hall–Kier alpha value is -0.840. The normalized spacial score (nSPS) is 22.6. The maximum Gasteiger partial charge on any atom is 0.282 e. The summed E-state index contributed by atoms with van der Waals surface area (Å²) >= 11 is 36.5. The zero-order chi connectivity index (χ0) is 23.8. The number of halogens is 6. The highest BCUT2D eigenvalue weighted by Crippen LogP contribution is 2.35. The summed E-state index contributed by atoms with van der Waals surface area (Å²) in [6.45, 7) is 0. The lowest BCUT2D eigenvalue weighted by atomic mass is 10.0. The van der Waals surface area contributed by atoms with E-state index < -0.39 is 40.9 Å². The van der Waals surface area contributed by atoms with Crippen molar-refractivity contribution in [3.63, 3.8) is 0 Å². The summed E-state index contributed by atoms with van der Waals surface area (Å²) in [5.41, 5.74) is -0.702. The third kappa shape index (κ3) is 5.45. The standard InChI is InChI=1S/C18H10Cl6N2O4S2/c19-9-1-5-11(6-2-9)31(27,28)25-17-13(21)15(23)18(16(24)14(17)22)26-32(29,30)12-7-3-10(20)4-8-12/h1-8,13,15H/b25-17-,26-18+. The lowest BCUT2D eigenvalue weighted by Gasteiger charge is -2.25. The number of nitrogens with zero attached hydrogens (tertiary/aromatic N) is 2. The van der Waals surface area contributed by atoms with E-state index in [-0.39, 0.29) is 21.2 Å². The Balaban J connectivity index is 2.09. The molecule has 0 fully saturated rings. The second kappa shape index (κ2) is 9.80. The summed E-state index contributed by atoms with van der Waals surface area (Å²) < 4.78 is 57.9. The molecule has 1 aliphatic rings. The molecule has 0 saturated heterocycles. The maximum absolute atomic E-state index is 12.6. The molecule has 0 heterocycles. The zero-order valence-electron chi connectivity index (χ0n) is 15.4. The van der Waals surface area contributed by atoms with Crippen LogP contribution in [-0.4, -0.2) is 39.0 Å². The van der Waals surface area contributed by atoms with E-state index in [4.69, 9.17) is 69.6 Å². The Labute approximate surface area is 214 Å². The van der Waals surface area contributed by atoms with Crippen molar-refractivity contribution in [3.05, 3.63) is 68.6 Å². The first-order valence-electron chi connectivity index (χ1n) is 8.38. The molecule has 2 atom stereocenters. The fraction of sp³-hybridized carbons (Fsp3) is 0.111. The van der Waals surface area contributed by atoms with E-state index in [0.29, 0.717) is 10.0 Å². The second-order valence-electron chi connectivity index (χ2n) is 6.24. The van der Waals surface area contributed by atoms with E-state index in [9.17, 15) is 16.8 Å². The van der Waals surface area contributed by atoms with Gasteiger partial charge in [0.05, 0.1) is 31.3 Å². The summed E-state index contributed by atoms with van der Waals surface area (Å²) in [4.78, 5) is -0.343. The van der Waals surface area contributed by atoms with Gasteiger partial charge in [0.2, 0.25) is 0 Å². The van der Waals surface area contributed by atoms with Crippen molar-refractivity contribution in [1.82, 2.24) is 0 Å². The van der Waals surface area contributed by atoms with Crippen molar-refractivity contribution < 1.29 is 16.8 Å². The minimum absolute atomic E-state index is 0.172. The van der Waals surface area contributed by atoms with Crippen molar-refractivity contribution in [1.29, 1.82) is 0 Å². The van der Waals surface area contributed by atoms with Crippen molar-refractivity contribution in [2.75, 3.05) is 0 Å². The molecule has 0 aliphatic heterocycles. The van der Waals surface area contributed by atoms with Crippen LogP contribution < -0.4 is 0 Å². The summed E-state index contributed by atoms with van der Waals surface area (Å²) in [5, 5.41) is -2.85. The third-order valence-electron chi connectivity index (χ3n) is 4.08. The van der Waals surface area contributed by atoms with Gasteiger partial charge in [-0.1, -0.05) is 46.4 Å². The first-order chi connectivity index (χ1) is 14.8. The van der Waals surface area contributed by atoms with Gasteiger partial charge in [0.1, 0.15) is 10.8 Å². The number of alkyl halides is 2. The molecule has 170 valence electrons. The van der Waals surface area contributed by atoms with Crippen LogP contribution in [0.15, 0.2) is 77.2 Å². The van der Waals surface area contributed by atoms with Crippen molar-refractivity contribution in [2.24, 2.45) is 8.80 Å². The lowest BCUT2D eigenvalue weighted by molar-refractivity contribution is 0.596. The monoisotopic (exact) mass is 592 g/mol. The average Bonchev–Trinajstić information content (AvgIpc) is 2.73. The second-order valence-corrected chi connectivity index (χ2v) is 12.0. The highest BCUT2D eigenvalue weighted by atomic mass is 35.5. The average molecular weight is 595 g/mol. The van der Waals surface area contributed by atoms with E-state index in [1.54, 1.807) is 0 Å². The third-order valence-corrected chi connectivity index (χ3v) is 9.10. The number of rotatable bonds is 4. The summed E-state index contributed by atoms with van der Waals surface area (Å²) in [5.74, 6) is 0. The fourth-order valence-corrected chi connectivity index (χ4v) is 6.25. The van der Waals surface area contributed by atoms with E-state index in [2.05, 4.69) is 8.80 Å². The van der Waals surface area contributed by atoms with Crippen LogP contribution >= 0.6 is 69.6 Å². The number of benzene rings is 2.